The number of aromatic nitrogens is 1. The minimum absolute atomic E-state index is 0.533. The lowest BCUT2D eigenvalue weighted by molar-refractivity contribution is 0.783. The van der Waals surface area contributed by atoms with E-state index in [0.29, 0.717) is 5.15 Å². The summed E-state index contributed by atoms with van der Waals surface area (Å²) in [4.78, 5) is 6.77. The number of pyridine rings is 1. The molecule has 0 saturated heterocycles. The van der Waals surface area contributed by atoms with E-state index in [9.17, 15) is 0 Å². The number of anilines is 1. The minimum Gasteiger partial charge on any atom is -0.348 e. The lowest BCUT2D eigenvalue weighted by Gasteiger charge is -2.24. The van der Waals surface area contributed by atoms with Gasteiger partial charge in [0, 0.05) is 13.1 Å². The quantitative estimate of drug-likeness (QED) is 0.596. The van der Waals surface area contributed by atoms with E-state index in [1.54, 1.807) is 0 Å². The van der Waals surface area contributed by atoms with Gasteiger partial charge in [0.05, 0.1) is 0 Å². The van der Waals surface area contributed by atoms with Gasteiger partial charge in [-0.3, -0.25) is 0 Å². The Morgan fingerprint density at radius 2 is 1.35 bits per heavy atom. The maximum Gasteiger partial charge on any atom is 0.131 e. The third-order valence-corrected chi connectivity index (χ3v) is 3.88. The summed E-state index contributed by atoms with van der Waals surface area (Å²) in [7, 11) is 0. The molecule has 0 spiro atoms. The third-order valence-electron chi connectivity index (χ3n) is 3.68. The van der Waals surface area contributed by atoms with Crippen LogP contribution < -0.4 is 4.90 Å². The zero-order chi connectivity index (χ0) is 16.1. The Morgan fingerprint density at radius 1 is 0.826 bits per heavy atom. The van der Waals surface area contributed by atoms with E-state index in [1.807, 2.05) is 25.1 Å². The van der Waals surface area contributed by atoms with E-state index in [2.05, 4.69) is 64.5 Å². The molecule has 0 amide bonds. The van der Waals surface area contributed by atoms with Crippen molar-refractivity contribution in [1.82, 2.24) is 4.98 Å². The SMILES string of the molecule is Cc1cc(Cl)nc(N(Cc2ccccc2)Cc2ccccc2)c1. The van der Waals surface area contributed by atoms with Gasteiger partial charge in [-0.2, -0.15) is 0 Å². The highest BCUT2D eigenvalue weighted by atomic mass is 35.5. The van der Waals surface area contributed by atoms with Gasteiger partial charge in [0.25, 0.3) is 0 Å². The van der Waals surface area contributed by atoms with Crippen molar-refractivity contribution in [2.45, 2.75) is 20.0 Å². The van der Waals surface area contributed by atoms with Crippen molar-refractivity contribution >= 4 is 17.4 Å². The Bertz CT molecular complexity index is 695. The van der Waals surface area contributed by atoms with Crippen LogP contribution in [0.25, 0.3) is 0 Å². The number of aryl methyl sites for hydroxylation is 1. The highest BCUT2D eigenvalue weighted by molar-refractivity contribution is 6.29. The summed E-state index contributed by atoms with van der Waals surface area (Å²) < 4.78 is 0. The van der Waals surface area contributed by atoms with Crippen molar-refractivity contribution in [1.29, 1.82) is 0 Å². The van der Waals surface area contributed by atoms with Crippen LogP contribution in [-0.2, 0) is 13.1 Å². The number of halogens is 1. The zero-order valence-electron chi connectivity index (χ0n) is 13.1. The monoisotopic (exact) mass is 322 g/mol. The Hall–Kier alpha value is -2.32. The molecule has 3 aromatic rings. The van der Waals surface area contributed by atoms with Crippen LogP contribution in [0.4, 0.5) is 5.82 Å². The molecule has 0 atom stereocenters. The summed E-state index contributed by atoms with van der Waals surface area (Å²) in [5.41, 5.74) is 3.62. The highest BCUT2D eigenvalue weighted by Crippen LogP contribution is 2.22. The van der Waals surface area contributed by atoms with Crippen molar-refractivity contribution in [3.8, 4) is 0 Å². The van der Waals surface area contributed by atoms with Crippen LogP contribution in [0.15, 0.2) is 72.8 Å². The predicted octanol–water partition coefficient (Wildman–Crippen LogP) is 5.25. The normalized spacial score (nSPS) is 10.5. The maximum atomic E-state index is 6.16. The standard InChI is InChI=1S/C20H19ClN2/c1-16-12-19(21)22-20(13-16)23(14-17-8-4-2-5-9-17)15-18-10-6-3-7-11-18/h2-13H,14-15H2,1H3. The fourth-order valence-corrected chi connectivity index (χ4v) is 2.85. The molecule has 23 heavy (non-hydrogen) atoms. The van der Waals surface area contributed by atoms with Crippen molar-refractivity contribution in [2.24, 2.45) is 0 Å². The number of nitrogens with zero attached hydrogens (tertiary/aromatic N) is 2. The molecule has 2 aromatic carbocycles. The second-order valence-corrected chi connectivity index (χ2v) is 6.04. The minimum atomic E-state index is 0.533. The van der Waals surface area contributed by atoms with Gasteiger partial charge in [-0.25, -0.2) is 4.98 Å². The van der Waals surface area contributed by atoms with E-state index in [0.717, 1.165) is 24.5 Å². The molecule has 0 fully saturated rings. The average molecular weight is 323 g/mol. The smallest absolute Gasteiger partial charge is 0.131 e. The van der Waals surface area contributed by atoms with Crippen LogP contribution in [0.5, 0.6) is 0 Å². The molecule has 1 aromatic heterocycles. The molecule has 0 aliphatic heterocycles. The van der Waals surface area contributed by atoms with Gasteiger partial charge in [-0.15, -0.1) is 0 Å². The summed E-state index contributed by atoms with van der Waals surface area (Å²) in [6.07, 6.45) is 0. The highest BCUT2D eigenvalue weighted by Gasteiger charge is 2.11. The van der Waals surface area contributed by atoms with Gasteiger partial charge in [0.15, 0.2) is 0 Å². The van der Waals surface area contributed by atoms with E-state index < -0.39 is 0 Å². The molecule has 0 aliphatic rings. The maximum absolute atomic E-state index is 6.16. The molecule has 3 heteroatoms. The second-order valence-electron chi connectivity index (χ2n) is 5.65. The van der Waals surface area contributed by atoms with Crippen LogP contribution >= 0.6 is 11.6 Å². The van der Waals surface area contributed by atoms with Crippen molar-refractivity contribution < 1.29 is 0 Å². The van der Waals surface area contributed by atoms with Crippen LogP contribution in [0, 0.1) is 6.92 Å². The summed E-state index contributed by atoms with van der Waals surface area (Å²) in [5, 5.41) is 0.533. The Balaban J connectivity index is 1.92. The second kappa shape index (κ2) is 7.30. The fourth-order valence-electron chi connectivity index (χ4n) is 2.59. The summed E-state index contributed by atoms with van der Waals surface area (Å²) in [5.74, 6) is 0.905. The predicted molar refractivity (Wildman–Crippen MR) is 96.8 cm³/mol. The number of rotatable bonds is 5. The van der Waals surface area contributed by atoms with Crippen molar-refractivity contribution in [2.75, 3.05) is 4.90 Å². The van der Waals surface area contributed by atoms with Gasteiger partial charge in [0.2, 0.25) is 0 Å². The van der Waals surface area contributed by atoms with Gasteiger partial charge < -0.3 is 4.90 Å². The first-order valence-corrected chi connectivity index (χ1v) is 8.05. The Morgan fingerprint density at radius 3 is 1.83 bits per heavy atom. The van der Waals surface area contributed by atoms with E-state index in [1.165, 1.54) is 11.1 Å². The topological polar surface area (TPSA) is 16.1 Å². The first kappa shape index (κ1) is 15.6. The Kier molecular flexibility index (Phi) is 4.94. The van der Waals surface area contributed by atoms with E-state index in [4.69, 9.17) is 11.6 Å². The van der Waals surface area contributed by atoms with Crippen LogP contribution in [0.1, 0.15) is 16.7 Å². The first-order valence-electron chi connectivity index (χ1n) is 7.68. The molecule has 0 unspecified atom stereocenters. The molecule has 2 nitrogen and oxygen atoms in total. The van der Waals surface area contributed by atoms with E-state index >= 15 is 0 Å². The third kappa shape index (κ3) is 4.33. The largest absolute Gasteiger partial charge is 0.348 e. The molecular weight excluding hydrogens is 304 g/mol. The molecule has 0 aliphatic carbocycles. The van der Waals surface area contributed by atoms with Crippen LogP contribution in [0.2, 0.25) is 5.15 Å². The van der Waals surface area contributed by atoms with Crippen molar-refractivity contribution in [3.05, 3.63) is 94.6 Å². The lowest BCUT2D eigenvalue weighted by Crippen LogP contribution is -2.23. The lowest BCUT2D eigenvalue weighted by atomic mass is 10.1. The molecule has 3 rings (SSSR count). The molecule has 0 radical (unpaired) electrons. The fraction of sp³-hybridized carbons (Fsp3) is 0.150. The first-order chi connectivity index (χ1) is 11.2. The summed E-state index contributed by atoms with van der Waals surface area (Å²) in [6.45, 7) is 3.63. The van der Waals surface area contributed by atoms with E-state index in [-0.39, 0.29) is 0 Å². The molecule has 0 saturated carbocycles. The van der Waals surface area contributed by atoms with Gasteiger partial charge >= 0.3 is 0 Å². The molecule has 0 N–H and O–H groups in total. The molecule has 0 bridgehead atoms. The zero-order valence-corrected chi connectivity index (χ0v) is 13.9. The van der Waals surface area contributed by atoms with Crippen LogP contribution in [0.3, 0.4) is 0 Å². The van der Waals surface area contributed by atoms with Crippen LogP contribution in [-0.4, -0.2) is 4.98 Å². The number of hydrogen-bond donors (Lipinski definition) is 0. The van der Waals surface area contributed by atoms with Gasteiger partial charge in [-0.1, -0.05) is 72.3 Å². The number of benzene rings is 2. The van der Waals surface area contributed by atoms with Crippen molar-refractivity contribution in [3.63, 3.8) is 0 Å². The molecular formula is C20H19ClN2. The molecule has 1 heterocycles. The summed E-state index contributed by atoms with van der Waals surface area (Å²) >= 11 is 6.16. The molecule has 116 valence electrons. The Labute approximate surface area is 142 Å². The van der Waals surface area contributed by atoms with Gasteiger partial charge in [-0.05, 0) is 35.7 Å². The average Bonchev–Trinajstić information content (AvgIpc) is 2.55. The number of hydrogen-bond acceptors (Lipinski definition) is 2. The summed E-state index contributed by atoms with van der Waals surface area (Å²) in [6, 6.07) is 24.8. The van der Waals surface area contributed by atoms with Gasteiger partial charge in [0.1, 0.15) is 11.0 Å².